The number of hydrogen-bond acceptors (Lipinski definition) is 5. The summed E-state index contributed by atoms with van der Waals surface area (Å²) in [6.45, 7) is 8.70. The van der Waals surface area contributed by atoms with Gasteiger partial charge >= 0.3 is 0 Å². The number of carbonyl (C=O) groups excluding carboxylic acids is 3. The number of amides is 2. The zero-order chi connectivity index (χ0) is 24.7. The maximum Gasteiger partial charge on any atom is 0.251 e. The highest BCUT2D eigenvalue weighted by atomic mass is 16.5. The highest BCUT2D eigenvalue weighted by molar-refractivity contribution is 5.99. The van der Waals surface area contributed by atoms with E-state index in [1.54, 1.807) is 4.90 Å². The van der Waals surface area contributed by atoms with Crippen molar-refractivity contribution in [1.29, 1.82) is 0 Å². The SMILES string of the molecule is CC(C)(C)C(NC(=O)c1ccc(C2CCN(C3CCC3)CC2)cc1)C(=O)N1CC[C@H]2OCC(=O)[C@H]21. The molecule has 0 spiro atoms. The average molecular weight is 482 g/mol. The zero-order valence-corrected chi connectivity index (χ0v) is 21.3. The predicted octanol–water partition coefficient (Wildman–Crippen LogP) is 3.13. The average Bonchev–Trinajstić information content (AvgIpc) is 3.39. The highest BCUT2D eigenvalue weighted by Gasteiger charge is 2.49. The summed E-state index contributed by atoms with van der Waals surface area (Å²) in [4.78, 5) is 43.3. The molecule has 4 aliphatic rings. The van der Waals surface area contributed by atoms with Crippen LogP contribution < -0.4 is 5.32 Å². The summed E-state index contributed by atoms with van der Waals surface area (Å²) in [5.41, 5.74) is 1.35. The molecule has 1 N–H and O–H groups in total. The predicted molar refractivity (Wildman–Crippen MR) is 133 cm³/mol. The Hall–Kier alpha value is -2.25. The number of ether oxygens (including phenoxy) is 1. The van der Waals surface area contributed by atoms with Crippen molar-refractivity contribution in [2.75, 3.05) is 26.2 Å². The van der Waals surface area contributed by atoms with E-state index in [-0.39, 0.29) is 30.3 Å². The molecule has 0 aromatic heterocycles. The Kier molecular flexibility index (Phi) is 6.75. The summed E-state index contributed by atoms with van der Waals surface area (Å²) in [7, 11) is 0. The molecular formula is C28H39N3O4. The minimum absolute atomic E-state index is 0.0473. The summed E-state index contributed by atoms with van der Waals surface area (Å²) >= 11 is 0. The van der Waals surface area contributed by atoms with E-state index >= 15 is 0 Å². The Morgan fingerprint density at radius 3 is 2.29 bits per heavy atom. The molecule has 1 aromatic carbocycles. The van der Waals surface area contributed by atoms with Gasteiger partial charge in [0.15, 0.2) is 5.78 Å². The molecule has 1 aliphatic carbocycles. The van der Waals surface area contributed by atoms with E-state index in [0.29, 0.717) is 24.4 Å². The Morgan fingerprint density at radius 2 is 1.69 bits per heavy atom. The molecule has 1 saturated carbocycles. The maximum atomic E-state index is 13.5. The van der Waals surface area contributed by atoms with E-state index in [1.807, 2.05) is 32.9 Å². The normalized spacial score (nSPS) is 26.9. The quantitative estimate of drug-likeness (QED) is 0.699. The van der Waals surface area contributed by atoms with Crippen LogP contribution in [-0.4, -0.2) is 77.9 Å². The maximum absolute atomic E-state index is 13.5. The largest absolute Gasteiger partial charge is 0.368 e. The van der Waals surface area contributed by atoms with Gasteiger partial charge in [-0.2, -0.15) is 0 Å². The summed E-state index contributed by atoms with van der Waals surface area (Å²) in [5.74, 6) is 0.0389. The smallest absolute Gasteiger partial charge is 0.251 e. The number of ketones is 1. The van der Waals surface area contributed by atoms with E-state index in [9.17, 15) is 14.4 Å². The first kappa shape index (κ1) is 24.4. The van der Waals surface area contributed by atoms with Gasteiger partial charge in [-0.05, 0) is 74.2 Å². The van der Waals surface area contributed by atoms with Crippen LogP contribution in [0, 0.1) is 5.41 Å². The second kappa shape index (κ2) is 9.66. The fourth-order valence-corrected chi connectivity index (χ4v) is 6.13. The molecule has 1 unspecified atom stereocenters. The van der Waals surface area contributed by atoms with Gasteiger partial charge in [-0.3, -0.25) is 14.4 Å². The third-order valence-corrected chi connectivity index (χ3v) is 8.55. The first-order chi connectivity index (χ1) is 16.7. The van der Waals surface area contributed by atoms with E-state index in [1.165, 1.54) is 50.8 Å². The molecule has 35 heavy (non-hydrogen) atoms. The summed E-state index contributed by atoms with van der Waals surface area (Å²) < 4.78 is 5.54. The van der Waals surface area contributed by atoms with Crippen molar-refractivity contribution in [1.82, 2.24) is 15.1 Å². The number of fused-ring (bicyclic) bond motifs is 1. The van der Waals surface area contributed by atoms with Gasteiger partial charge in [0.05, 0.1) is 6.10 Å². The fraction of sp³-hybridized carbons (Fsp3) is 0.679. The molecular weight excluding hydrogens is 442 g/mol. The number of benzene rings is 1. The monoisotopic (exact) mass is 481 g/mol. The molecule has 2 amide bonds. The highest BCUT2D eigenvalue weighted by Crippen LogP contribution is 2.34. The van der Waals surface area contributed by atoms with Crippen molar-refractivity contribution in [3.63, 3.8) is 0 Å². The summed E-state index contributed by atoms with van der Waals surface area (Å²) in [6.07, 6.45) is 6.88. The molecule has 0 radical (unpaired) electrons. The fourth-order valence-electron chi connectivity index (χ4n) is 6.13. The van der Waals surface area contributed by atoms with Gasteiger partial charge in [0.2, 0.25) is 5.91 Å². The Balaban J connectivity index is 1.22. The minimum atomic E-state index is -0.724. The zero-order valence-electron chi connectivity index (χ0n) is 21.3. The van der Waals surface area contributed by atoms with Crippen LogP contribution in [0.15, 0.2) is 24.3 Å². The molecule has 190 valence electrons. The van der Waals surface area contributed by atoms with Gasteiger partial charge in [0, 0.05) is 18.2 Å². The lowest BCUT2D eigenvalue weighted by molar-refractivity contribution is -0.140. The molecule has 1 aromatic rings. The summed E-state index contributed by atoms with van der Waals surface area (Å²) in [6, 6.07) is 7.49. The molecule has 3 saturated heterocycles. The number of rotatable bonds is 5. The number of nitrogens with one attached hydrogen (secondary N) is 1. The van der Waals surface area contributed by atoms with Crippen molar-refractivity contribution in [3.8, 4) is 0 Å². The number of nitrogens with zero attached hydrogens (tertiary/aromatic N) is 2. The van der Waals surface area contributed by atoms with Gasteiger partial charge in [-0.15, -0.1) is 0 Å². The van der Waals surface area contributed by atoms with Crippen LogP contribution >= 0.6 is 0 Å². The molecule has 0 bridgehead atoms. The third-order valence-electron chi connectivity index (χ3n) is 8.55. The van der Waals surface area contributed by atoms with Crippen molar-refractivity contribution < 1.29 is 19.1 Å². The van der Waals surface area contributed by atoms with Crippen molar-refractivity contribution in [2.45, 2.75) is 89.4 Å². The molecule has 3 heterocycles. The van der Waals surface area contributed by atoms with E-state index in [0.717, 1.165) is 6.04 Å². The second-order valence-corrected chi connectivity index (χ2v) is 11.9. The van der Waals surface area contributed by atoms with Crippen molar-refractivity contribution in [3.05, 3.63) is 35.4 Å². The Bertz CT molecular complexity index is 957. The van der Waals surface area contributed by atoms with Crippen molar-refractivity contribution in [2.24, 2.45) is 5.41 Å². The van der Waals surface area contributed by atoms with E-state index in [4.69, 9.17) is 4.74 Å². The van der Waals surface area contributed by atoms with Crippen LogP contribution in [0.1, 0.15) is 81.1 Å². The molecule has 3 aliphatic heterocycles. The lowest BCUT2D eigenvalue weighted by Crippen LogP contribution is -2.57. The van der Waals surface area contributed by atoms with E-state index in [2.05, 4.69) is 22.3 Å². The standard InChI is InChI=1S/C28H39N3O4/c1-28(2,3)25(27(34)31-16-13-23-24(31)22(32)17-35-23)29-26(33)20-9-7-18(8-10-20)19-11-14-30(15-12-19)21-5-4-6-21/h7-10,19,21,23-25H,4-6,11-17H2,1-3H3,(H,29,33)/t23-,24-,25?/m1/s1. The summed E-state index contributed by atoms with van der Waals surface area (Å²) in [5, 5.41) is 2.99. The van der Waals surface area contributed by atoms with Gasteiger partial charge in [-0.25, -0.2) is 0 Å². The first-order valence-electron chi connectivity index (χ1n) is 13.3. The van der Waals surface area contributed by atoms with E-state index < -0.39 is 17.5 Å². The number of piperidine rings is 1. The molecule has 7 nitrogen and oxygen atoms in total. The van der Waals surface area contributed by atoms with Gasteiger partial charge in [0.25, 0.3) is 5.91 Å². The van der Waals surface area contributed by atoms with Gasteiger partial charge in [0.1, 0.15) is 18.7 Å². The lowest BCUT2D eigenvalue weighted by atomic mass is 9.84. The second-order valence-electron chi connectivity index (χ2n) is 11.9. The third kappa shape index (κ3) is 4.90. The van der Waals surface area contributed by atoms with Crippen LogP contribution in [0.4, 0.5) is 0 Å². The first-order valence-corrected chi connectivity index (χ1v) is 13.3. The van der Waals surface area contributed by atoms with Crippen molar-refractivity contribution >= 4 is 17.6 Å². The minimum Gasteiger partial charge on any atom is -0.368 e. The van der Waals surface area contributed by atoms with Crippen LogP contribution in [0.25, 0.3) is 0 Å². The van der Waals surface area contributed by atoms with Crippen LogP contribution in [0.5, 0.6) is 0 Å². The molecule has 4 fully saturated rings. The lowest BCUT2D eigenvalue weighted by Gasteiger charge is -2.42. The molecule has 3 atom stereocenters. The Labute approximate surface area is 208 Å². The van der Waals surface area contributed by atoms with Gasteiger partial charge < -0.3 is 19.9 Å². The number of carbonyl (C=O) groups is 3. The van der Waals surface area contributed by atoms with Crippen LogP contribution in [0.2, 0.25) is 0 Å². The molecule has 5 rings (SSSR count). The van der Waals surface area contributed by atoms with Crippen LogP contribution in [0.3, 0.4) is 0 Å². The number of Topliss-reactive ketones (excluding diaryl/α,β-unsaturated/α-hetero) is 1. The Morgan fingerprint density at radius 1 is 1.00 bits per heavy atom. The molecule has 7 heteroatoms. The number of hydrogen-bond donors (Lipinski definition) is 1. The topological polar surface area (TPSA) is 79.0 Å². The van der Waals surface area contributed by atoms with Crippen LogP contribution in [-0.2, 0) is 14.3 Å². The number of likely N-dealkylation sites (tertiary alicyclic amines) is 2. The van der Waals surface area contributed by atoms with Gasteiger partial charge in [-0.1, -0.05) is 39.3 Å².